The number of nitrogens with zero attached hydrogens (tertiary/aromatic N) is 6. The molecule has 0 amide bonds. The van der Waals surface area contributed by atoms with E-state index in [9.17, 15) is 5.26 Å². The molecule has 3 heterocycles. The molecule has 1 saturated carbocycles. The van der Waals surface area contributed by atoms with Crippen molar-refractivity contribution in [3.05, 3.63) is 36.2 Å². The van der Waals surface area contributed by atoms with E-state index in [0.29, 0.717) is 23.4 Å². The molecule has 2 aromatic rings. The second kappa shape index (κ2) is 8.29. The van der Waals surface area contributed by atoms with Crippen molar-refractivity contribution >= 4 is 17.6 Å². The highest BCUT2D eigenvalue weighted by molar-refractivity contribution is 5.58. The molecule has 0 bridgehead atoms. The van der Waals surface area contributed by atoms with Crippen molar-refractivity contribution in [2.75, 3.05) is 36.5 Å². The molecule has 27 heavy (non-hydrogen) atoms. The summed E-state index contributed by atoms with van der Waals surface area (Å²) in [5.41, 5.74) is 0.479. The first-order chi connectivity index (χ1) is 13.3. The lowest BCUT2D eigenvalue weighted by Crippen LogP contribution is -2.51. The van der Waals surface area contributed by atoms with E-state index < -0.39 is 0 Å². The number of hydrogen-bond acceptors (Lipinski definition) is 8. The van der Waals surface area contributed by atoms with E-state index in [1.807, 2.05) is 23.2 Å². The lowest BCUT2D eigenvalue weighted by molar-refractivity contribution is 0.239. The Kier molecular flexibility index (Phi) is 5.42. The average molecular weight is 364 g/mol. The molecular formula is C19H24N8. The van der Waals surface area contributed by atoms with Crippen LogP contribution in [0.15, 0.2) is 30.6 Å². The number of nitriles is 1. The molecule has 1 aliphatic carbocycles. The standard InChI is InChI=1S/C19H24N8/c20-13-15-14-23-19(25-18(15)24-16-5-1-2-6-16)27(17-7-3-4-8-22-17)26-11-9-21-10-12-26/h3-4,7-8,14,16,21H,1-2,5-6,9-12H2,(H,23,24,25). The first kappa shape index (κ1) is 17.6. The Morgan fingerprint density at radius 2 is 2.00 bits per heavy atom. The number of hydrazine groups is 1. The van der Waals surface area contributed by atoms with Gasteiger partial charge in [0.1, 0.15) is 23.3 Å². The molecule has 8 nitrogen and oxygen atoms in total. The van der Waals surface area contributed by atoms with Gasteiger partial charge in [0.05, 0.1) is 6.20 Å². The highest BCUT2D eigenvalue weighted by Crippen LogP contribution is 2.27. The fourth-order valence-electron chi connectivity index (χ4n) is 3.64. The predicted molar refractivity (Wildman–Crippen MR) is 103 cm³/mol. The zero-order valence-corrected chi connectivity index (χ0v) is 15.3. The van der Waals surface area contributed by atoms with Crippen molar-refractivity contribution < 1.29 is 0 Å². The molecule has 140 valence electrons. The predicted octanol–water partition coefficient (Wildman–Crippen LogP) is 2.06. The first-order valence-electron chi connectivity index (χ1n) is 9.55. The quantitative estimate of drug-likeness (QED) is 0.833. The lowest BCUT2D eigenvalue weighted by Gasteiger charge is -2.36. The van der Waals surface area contributed by atoms with Gasteiger partial charge in [-0.2, -0.15) is 10.2 Å². The van der Waals surface area contributed by atoms with Gasteiger partial charge in [0, 0.05) is 38.4 Å². The SMILES string of the molecule is N#Cc1cnc(N(c2ccccn2)N2CCNCC2)nc1NC1CCCC1. The summed E-state index contributed by atoms with van der Waals surface area (Å²) >= 11 is 0. The van der Waals surface area contributed by atoms with Gasteiger partial charge in [-0.3, -0.25) is 0 Å². The molecule has 2 aliphatic rings. The highest BCUT2D eigenvalue weighted by atomic mass is 15.7. The molecule has 0 atom stereocenters. The summed E-state index contributed by atoms with van der Waals surface area (Å²) < 4.78 is 0. The van der Waals surface area contributed by atoms with E-state index in [2.05, 4.69) is 31.7 Å². The Balaban J connectivity index is 1.69. The molecule has 1 aliphatic heterocycles. The number of nitrogens with one attached hydrogen (secondary N) is 2. The van der Waals surface area contributed by atoms with Gasteiger partial charge in [0.25, 0.3) is 0 Å². The smallest absolute Gasteiger partial charge is 0.248 e. The van der Waals surface area contributed by atoms with Crippen LogP contribution in [-0.2, 0) is 0 Å². The number of anilines is 3. The van der Waals surface area contributed by atoms with Gasteiger partial charge in [-0.15, -0.1) is 0 Å². The van der Waals surface area contributed by atoms with Crippen LogP contribution >= 0.6 is 0 Å². The van der Waals surface area contributed by atoms with Gasteiger partial charge < -0.3 is 10.6 Å². The minimum Gasteiger partial charge on any atom is -0.366 e. The maximum atomic E-state index is 9.47. The zero-order chi connectivity index (χ0) is 18.5. The maximum absolute atomic E-state index is 9.47. The lowest BCUT2D eigenvalue weighted by atomic mass is 10.2. The van der Waals surface area contributed by atoms with Crippen LogP contribution in [0, 0.1) is 11.3 Å². The molecule has 2 N–H and O–H groups in total. The molecule has 0 radical (unpaired) electrons. The summed E-state index contributed by atoms with van der Waals surface area (Å²) in [6.45, 7) is 3.47. The second-order valence-corrected chi connectivity index (χ2v) is 6.87. The molecule has 0 spiro atoms. The minimum absolute atomic E-state index is 0.377. The van der Waals surface area contributed by atoms with Crippen molar-refractivity contribution in [3.8, 4) is 6.07 Å². The van der Waals surface area contributed by atoms with E-state index in [4.69, 9.17) is 4.98 Å². The van der Waals surface area contributed by atoms with Crippen LogP contribution in [0.3, 0.4) is 0 Å². The summed E-state index contributed by atoms with van der Waals surface area (Å²) in [6, 6.07) is 8.39. The second-order valence-electron chi connectivity index (χ2n) is 6.87. The van der Waals surface area contributed by atoms with E-state index in [1.165, 1.54) is 12.8 Å². The number of hydrogen-bond donors (Lipinski definition) is 2. The normalized spacial score (nSPS) is 18.2. The minimum atomic E-state index is 0.377. The van der Waals surface area contributed by atoms with E-state index in [1.54, 1.807) is 12.4 Å². The van der Waals surface area contributed by atoms with E-state index >= 15 is 0 Å². The average Bonchev–Trinajstić information content (AvgIpc) is 3.23. The van der Waals surface area contributed by atoms with Crippen LogP contribution in [0.1, 0.15) is 31.2 Å². The van der Waals surface area contributed by atoms with Crippen LogP contribution in [0.2, 0.25) is 0 Å². The summed E-state index contributed by atoms with van der Waals surface area (Å²) in [5, 5.41) is 20.5. The largest absolute Gasteiger partial charge is 0.366 e. The van der Waals surface area contributed by atoms with Gasteiger partial charge >= 0.3 is 0 Å². The van der Waals surface area contributed by atoms with Crippen molar-refractivity contribution in [1.29, 1.82) is 5.26 Å². The molecule has 1 saturated heterocycles. The Labute approximate surface area is 159 Å². The number of pyridine rings is 1. The Morgan fingerprint density at radius 1 is 1.19 bits per heavy atom. The molecule has 0 aromatic carbocycles. The topological polar surface area (TPSA) is 93.0 Å². The summed E-state index contributed by atoms with van der Waals surface area (Å²) in [7, 11) is 0. The monoisotopic (exact) mass is 364 g/mol. The Morgan fingerprint density at radius 3 is 2.70 bits per heavy atom. The van der Waals surface area contributed by atoms with Crippen LogP contribution in [0.4, 0.5) is 17.6 Å². The van der Waals surface area contributed by atoms with Crippen molar-refractivity contribution in [2.45, 2.75) is 31.7 Å². The highest BCUT2D eigenvalue weighted by Gasteiger charge is 2.25. The summed E-state index contributed by atoms with van der Waals surface area (Å²) in [5.74, 6) is 1.93. The molecule has 2 aromatic heterocycles. The van der Waals surface area contributed by atoms with Gasteiger partial charge in [0.15, 0.2) is 0 Å². The molecule has 8 heteroatoms. The van der Waals surface area contributed by atoms with Gasteiger partial charge in [-0.05, 0) is 25.0 Å². The summed E-state index contributed by atoms with van der Waals surface area (Å²) in [4.78, 5) is 13.7. The number of rotatable bonds is 5. The van der Waals surface area contributed by atoms with Crippen LogP contribution in [0.25, 0.3) is 0 Å². The van der Waals surface area contributed by atoms with Crippen molar-refractivity contribution in [3.63, 3.8) is 0 Å². The van der Waals surface area contributed by atoms with Crippen LogP contribution in [0.5, 0.6) is 0 Å². The fraction of sp³-hybridized carbons (Fsp3) is 0.474. The first-order valence-corrected chi connectivity index (χ1v) is 9.55. The number of aromatic nitrogens is 3. The van der Waals surface area contributed by atoms with E-state index in [-0.39, 0.29) is 0 Å². The van der Waals surface area contributed by atoms with Crippen LogP contribution in [-0.4, -0.2) is 52.2 Å². The van der Waals surface area contributed by atoms with Gasteiger partial charge in [0.2, 0.25) is 5.95 Å². The molecule has 0 unspecified atom stereocenters. The molecule has 2 fully saturated rings. The molecular weight excluding hydrogens is 340 g/mol. The van der Waals surface area contributed by atoms with Crippen molar-refractivity contribution in [1.82, 2.24) is 25.3 Å². The van der Waals surface area contributed by atoms with Gasteiger partial charge in [-0.1, -0.05) is 18.9 Å². The van der Waals surface area contributed by atoms with Crippen LogP contribution < -0.4 is 15.6 Å². The van der Waals surface area contributed by atoms with Gasteiger partial charge in [-0.25, -0.2) is 20.0 Å². The van der Waals surface area contributed by atoms with E-state index in [0.717, 1.165) is 44.8 Å². The fourth-order valence-corrected chi connectivity index (χ4v) is 3.64. The zero-order valence-electron chi connectivity index (χ0n) is 15.3. The number of piperazine rings is 1. The third-order valence-corrected chi connectivity index (χ3v) is 5.02. The third-order valence-electron chi connectivity index (χ3n) is 5.02. The Bertz CT molecular complexity index is 791. The molecule has 4 rings (SSSR count). The summed E-state index contributed by atoms with van der Waals surface area (Å²) in [6.07, 6.45) is 8.05. The maximum Gasteiger partial charge on any atom is 0.248 e. The third kappa shape index (κ3) is 3.99. The Hall–Kier alpha value is -2.76. The van der Waals surface area contributed by atoms with Crippen molar-refractivity contribution in [2.24, 2.45) is 0 Å².